The molecule has 3 heteroatoms. The third-order valence-corrected chi connectivity index (χ3v) is 2.42. The van der Waals surface area contributed by atoms with Gasteiger partial charge in [-0.25, -0.2) is 0 Å². The van der Waals surface area contributed by atoms with E-state index in [1.54, 1.807) is 24.3 Å². The highest BCUT2D eigenvalue weighted by atomic mass is 14.6. The number of hydrogen-bond donors (Lipinski definition) is 2. The van der Waals surface area contributed by atoms with Crippen LogP contribution >= 0.6 is 0 Å². The molecule has 2 aromatic rings. The van der Waals surface area contributed by atoms with Gasteiger partial charge in [-0.2, -0.15) is 5.26 Å². The first-order valence-electron chi connectivity index (χ1n) is 4.87. The van der Waals surface area contributed by atoms with Gasteiger partial charge in [-0.3, -0.25) is 0 Å². The van der Waals surface area contributed by atoms with Gasteiger partial charge in [0.05, 0.1) is 11.6 Å². The SMILES string of the molecule is N#Cc1ccc(N)cc1-c1ccccc1N. The average molecular weight is 209 g/mol. The first kappa shape index (κ1) is 10.1. The zero-order chi connectivity index (χ0) is 11.5. The molecule has 0 aliphatic heterocycles. The van der Waals surface area contributed by atoms with Gasteiger partial charge in [0.2, 0.25) is 0 Å². The lowest BCUT2D eigenvalue weighted by Crippen LogP contribution is -1.93. The number of nitriles is 1. The summed E-state index contributed by atoms with van der Waals surface area (Å²) in [6.07, 6.45) is 0. The molecule has 0 aliphatic carbocycles. The predicted molar refractivity (Wildman–Crippen MR) is 65.4 cm³/mol. The van der Waals surface area contributed by atoms with Crippen LogP contribution in [0.2, 0.25) is 0 Å². The van der Waals surface area contributed by atoms with Gasteiger partial charge in [0.15, 0.2) is 0 Å². The number of nitrogens with two attached hydrogens (primary N) is 2. The predicted octanol–water partition coefficient (Wildman–Crippen LogP) is 2.39. The topological polar surface area (TPSA) is 75.8 Å². The Bertz CT molecular complexity index is 568. The van der Waals surface area contributed by atoms with Gasteiger partial charge in [0, 0.05) is 22.5 Å². The van der Waals surface area contributed by atoms with Gasteiger partial charge in [0.25, 0.3) is 0 Å². The molecule has 4 N–H and O–H groups in total. The van der Waals surface area contributed by atoms with E-state index in [0.29, 0.717) is 16.9 Å². The van der Waals surface area contributed by atoms with Crippen LogP contribution in [0.4, 0.5) is 11.4 Å². The molecule has 0 amide bonds. The Labute approximate surface area is 93.9 Å². The fourth-order valence-electron chi connectivity index (χ4n) is 1.62. The zero-order valence-electron chi connectivity index (χ0n) is 8.64. The highest BCUT2D eigenvalue weighted by Crippen LogP contribution is 2.29. The molecule has 3 nitrogen and oxygen atoms in total. The molecule has 0 unspecified atom stereocenters. The number of benzene rings is 2. The van der Waals surface area contributed by atoms with E-state index in [2.05, 4.69) is 6.07 Å². The van der Waals surface area contributed by atoms with E-state index in [4.69, 9.17) is 16.7 Å². The Morgan fingerprint density at radius 2 is 1.69 bits per heavy atom. The molecule has 0 atom stereocenters. The van der Waals surface area contributed by atoms with Crippen LogP contribution in [0.25, 0.3) is 11.1 Å². The maximum Gasteiger partial charge on any atom is 0.0998 e. The standard InChI is InChI=1S/C13H11N3/c14-8-9-5-6-10(15)7-12(9)11-3-1-2-4-13(11)16/h1-7H,15-16H2. The number of anilines is 2. The van der Waals surface area contributed by atoms with Gasteiger partial charge >= 0.3 is 0 Å². The van der Waals surface area contributed by atoms with E-state index in [1.807, 2.05) is 18.2 Å². The normalized spacial score (nSPS) is 9.69. The van der Waals surface area contributed by atoms with Crippen LogP contribution in [0, 0.1) is 11.3 Å². The van der Waals surface area contributed by atoms with E-state index in [0.717, 1.165) is 11.1 Å². The number of hydrogen-bond acceptors (Lipinski definition) is 3. The molecule has 0 spiro atoms. The second-order valence-electron chi connectivity index (χ2n) is 3.50. The smallest absolute Gasteiger partial charge is 0.0998 e. The van der Waals surface area contributed by atoms with Crippen molar-refractivity contribution in [3.63, 3.8) is 0 Å². The van der Waals surface area contributed by atoms with Crippen molar-refractivity contribution in [3.05, 3.63) is 48.0 Å². The molecule has 0 bridgehead atoms. The minimum Gasteiger partial charge on any atom is -0.399 e. The summed E-state index contributed by atoms with van der Waals surface area (Å²) in [6.45, 7) is 0. The van der Waals surface area contributed by atoms with Crippen LogP contribution < -0.4 is 11.5 Å². The Hall–Kier alpha value is -2.47. The lowest BCUT2D eigenvalue weighted by Gasteiger charge is -2.08. The van der Waals surface area contributed by atoms with Crippen molar-refractivity contribution < 1.29 is 0 Å². The molecule has 78 valence electrons. The summed E-state index contributed by atoms with van der Waals surface area (Å²) in [5.41, 5.74) is 15.1. The summed E-state index contributed by atoms with van der Waals surface area (Å²) in [7, 11) is 0. The van der Waals surface area contributed by atoms with Crippen molar-refractivity contribution >= 4 is 11.4 Å². The van der Waals surface area contributed by atoms with E-state index < -0.39 is 0 Å². The second-order valence-corrected chi connectivity index (χ2v) is 3.50. The molecule has 0 heterocycles. The van der Waals surface area contributed by atoms with E-state index in [-0.39, 0.29) is 0 Å². The first-order valence-corrected chi connectivity index (χ1v) is 4.87. The summed E-state index contributed by atoms with van der Waals surface area (Å²) in [5.74, 6) is 0. The summed E-state index contributed by atoms with van der Waals surface area (Å²) < 4.78 is 0. The number of nitrogen functional groups attached to an aromatic ring is 2. The molecular formula is C13H11N3. The Kier molecular flexibility index (Phi) is 2.49. The molecule has 16 heavy (non-hydrogen) atoms. The monoisotopic (exact) mass is 209 g/mol. The van der Waals surface area contributed by atoms with Crippen molar-refractivity contribution in [2.45, 2.75) is 0 Å². The van der Waals surface area contributed by atoms with Gasteiger partial charge in [0.1, 0.15) is 0 Å². The zero-order valence-corrected chi connectivity index (χ0v) is 8.64. The Balaban J connectivity index is 2.69. The Morgan fingerprint density at radius 3 is 2.38 bits per heavy atom. The van der Waals surface area contributed by atoms with E-state index in [9.17, 15) is 0 Å². The highest BCUT2D eigenvalue weighted by molar-refractivity contribution is 5.81. The minimum absolute atomic E-state index is 0.576. The molecule has 0 fully saturated rings. The lowest BCUT2D eigenvalue weighted by atomic mass is 9.98. The fourth-order valence-corrected chi connectivity index (χ4v) is 1.62. The number of nitrogens with zero attached hydrogens (tertiary/aromatic N) is 1. The van der Waals surface area contributed by atoms with Crippen LogP contribution in [-0.2, 0) is 0 Å². The number of rotatable bonds is 1. The van der Waals surface area contributed by atoms with Crippen molar-refractivity contribution in [2.75, 3.05) is 11.5 Å². The average Bonchev–Trinajstić information content (AvgIpc) is 2.29. The maximum absolute atomic E-state index is 9.03. The fraction of sp³-hybridized carbons (Fsp3) is 0. The summed E-state index contributed by atoms with van der Waals surface area (Å²) in [4.78, 5) is 0. The van der Waals surface area contributed by atoms with Crippen molar-refractivity contribution in [1.29, 1.82) is 5.26 Å². The van der Waals surface area contributed by atoms with Crippen LogP contribution in [0.5, 0.6) is 0 Å². The van der Waals surface area contributed by atoms with Gasteiger partial charge in [-0.15, -0.1) is 0 Å². The van der Waals surface area contributed by atoms with Crippen LogP contribution in [0.1, 0.15) is 5.56 Å². The summed E-state index contributed by atoms with van der Waals surface area (Å²) >= 11 is 0. The molecule has 2 aromatic carbocycles. The number of para-hydroxylation sites is 1. The van der Waals surface area contributed by atoms with Crippen LogP contribution in [0.15, 0.2) is 42.5 Å². The molecule has 2 rings (SSSR count). The van der Waals surface area contributed by atoms with Crippen molar-refractivity contribution in [2.24, 2.45) is 0 Å². The highest BCUT2D eigenvalue weighted by Gasteiger charge is 2.07. The molecule has 0 aromatic heterocycles. The summed E-state index contributed by atoms with van der Waals surface area (Å²) in [5, 5.41) is 9.03. The molecular weight excluding hydrogens is 198 g/mol. The van der Waals surface area contributed by atoms with E-state index >= 15 is 0 Å². The van der Waals surface area contributed by atoms with Gasteiger partial charge in [-0.1, -0.05) is 18.2 Å². The van der Waals surface area contributed by atoms with Crippen molar-refractivity contribution in [3.8, 4) is 17.2 Å². The largest absolute Gasteiger partial charge is 0.399 e. The molecule has 0 saturated heterocycles. The molecule has 0 aliphatic rings. The van der Waals surface area contributed by atoms with Gasteiger partial charge < -0.3 is 11.5 Å². The first-order chi connectivity index (χ1) is 7.72. The van der Waals surface area contributed by atoms with Gasteiger partial charge in [-0.05, 0) is 24.3 Å². The third kappa shape index (κ3) is 1.69. The van der Waals surface area contributed by atoms with Crippen LogP contribution in [0.3, 0.4) is 0 Å². The van der Waals surface area contributed by atoms with Crippen molar-refractivity contribution in [1.82, 2.24) is 0 Å². The second kappa shape index (κ2) is 3.95. The lowest BCUT2D eigenvalue weighted by molar-refractivity contribution is 1.48. The maximum atomic E-state index is 9.03. The molecule has 0 radical (unpaired) electrons. The third-order valence-electron chi connectivity index (χ3n) is 2.42. The molecule has 0 saturated carbocycles. The quantitative estimate of drug-likeness (QED) is 0.708. The summed E-state index contributed by atoms with van der Waals surface area (Å²) in [6, 6.07) is 14.7. The van der Waals surface area contributed by atoms with E-state index in [1.165, 1.54) is 0 Å². The van der Waals surface area contributed by atoms with Crippen LogP contribution in [-0.4, -0.2) is 0 Å². The minimum atomic E-state index is 0.576. The Morgan fingerprint density at radius 1 is 0.938 bits per heavy atom.